The van der Waals surface area contributed by atoms with E-state index in [1.165, 1.54) is 12.1 Å². The van der Waals surface area contributed by atoms with E-state index in [0.717, 1.165) is 11.8 Å². The highest BCUT2D eigenvalue weighted by Gasteiger charge is 2.10. The summed E-state index contributed by atoms with van der Waals surface area (Å²) in [6.07, 6.45) is 4.97. The molecule has 0 saturated carbocycles. The Morgan fingerprint density at radius 2 is 2.31 bits per heavy atom. The second kappa shape index (κ2) is 5.88. The van der Waals surface area contributed by atoms with Gasteiger partial charge in [0.25, 0.3) is 0 Å². The van der Waals surface area contributed by atoms with Crippen LogP contribution in [0.15, 0.2) is 21.6 Å². The number of carboxylic acid groups (broad SMARTS) is 1. The van der Waals surface area contributed by atoms with E-state index in [1.54, 1.807) is 0 Å². The first-order valence-electron chi connectivity index (χ1n) is 4.29. The van der Waals surface area contributed by atoms with Crippen molar-refractivity contribution in [1.29, 1.82) is 0 Å². The second-order valence-electron chi connectivity index (χ2n) is 2.69. The van der Waals surface area contributed by atoms with Gasteiger partial charge in [0.1, 0.15) is 0 Å². The molecule has 0 bridgehead atoms. The molecule has 1 rings (SSSR count). The molecule has 1 amide bonds. The molecule has 1 heterocycles. The summed E-state index contributed by atoms with van der Waals surface area (Å²) in [7, 11) is 0. The smallest absolute Gasteiger partial charge is 0.371 e. The third kappa shape index (κ3) is 3.71. The van der Waals surface area contributed by atoms with Crippen molar-refractivity contribution in [2.24, 2.45) is 0 Å². The van der Waals surface area contributed by atoms with Crippen molar-refractivity contribution >= 4 is 23.6 Å². The minimum atomic E-state index is -1.14. The highest BCUT2D eigenvalue weighted by molar-refractivity contribution is 7.99. The molecule has 0 spiro atoms. The van der Waals surface area contributed by atoms with E-state index < -0.39 is 5.97 Å². The maximum atomic E-state index is 11.1. The number of carbonyl (C=O) groups excluding carboxylic acids is 1. The van der Waals surface area contributed by atoms with Crippen LogP contribution in [0.2, 0.25) is 0 Å². The predicted molar refractivity (Wildman–Crippen MR) is 58.2 cm³/mol. The molecule has 5 nitrogen and oxygen atoms in total. The zero-order valence-corrected chi connectivity index (χ0v) is 9.04. The summed E-state index contributed by atoms with van der Waals surface area (Å²) in [5.74, 6) is 0.899. The average Bonchev–Trinajstić information content (AvgIpc) is 2.72. The van der Waals surface area contributed by atoms with Gasteiger partial charge in [0.2, 0.25) is 11.7 Å². The fraction of sp³-hybridized carbons (Fsp3) is 0.200. The van der Waals surface area contributed by atoms with Crippen LogP contribution in [0.5, 0.6) is 0 Å². The first kappa shape index (κ1) is 12.2. The summed E-state index contributed by atoms with van der Waals surface area (Å²) in [6, 6.07) is 2.84. The molecule has 0 saturated heterocycles. The first-order valence-corrected chi connectivity index (χ1v) is 5.28. The van der Waals surface area contributed by atoms with Crippen molar-refractivity contribution in [1.82, 2.24) is 5.32 Å². The van der Waals surface area contributed by atoms with E-state index in [4.69, 9.17) is 15.9 Å². The van der Waals surface area contributed by atoms with Crippen LogP contribution in [0, 0.1) is 12.3 Å². The molecule has 0 aliphatic rings. The number of hydrogen-bond donors (Lipinski definition) is 2. The van der Waals surface area contributed by atoms with E-state index >= 15 is 0 Å². The Kier molecular flexibility index (Phi) is 4.48. The summed E-state index contributed by atoms with van der Waals surface area (Å²) in [6.45, 7) is 0.178. The van der Waals surface area contributed by atoms with Gasteiger partial charge in [0.05, 0.1) is 12.3 Å². The highest BCUT2D eigenvalue weighted by Crippen LogP contribution is 2.20. The summed E-state index contributed by atoms with van der Waals surface area (Å²) in [5.41, 5.74) is 0. The van der Waals surface area contributed by atoms with Crippen LogP contribution in [0.25, 0.3) is 0 Å². The van der Waals surface area contributed by atoms with Crippen LogP contribution in [0.1, 0.15) is 10.6 Å². The number of hydrogen-bond acceptors (Lipinski definition) is 4. The van der Waals surface area contributed by atoms with Gasteiger partial charge in [-0.3, -0.25) is 4.79 Å². The SMILES string of the molecule is C#CCNC(=O)CSc1ccc(C(=O)O)o1. The van der Waals surface area contributed by atoms with Gasteiger partial charge in [-0.2, -0.15) is 0 Å². The standard InChI is InChI=1S/C10H9NO4S/c1-2-5-11-8(12)6-16-9-4-3-7(15-9)10(13)14/h1,3-4H,5-6H2,(H,11,12)(H,13,14). The normalized spacial score (nSPS) is 9.44. The van der Waals surface area contributed by atoms with E-state index in [1.807, 2.05) is 0 Å². The quantitative estimate of drug-likeness (QED) is 0.587. The molecule has 0 aliphatic carbocycles. The molecule has 0 radical (unpaired) electrons. The molecule has 6 heteroatoms. The van der Waals surface area contributed by atoms with Crippen molar-refractivity contribution in [3.8, 4) is 12.3 Å². The average molecular weight is 239 g/mol. The summed E-state index contributed by atoms with van der Waals surface area (Å²) >= 11 is 1.11. The minimum Gasteiger partial charge on any atom is -0.475 e. The predicted octanol–water partition coefficient (Wildman–Crippen LogP) is 0.819. The van der Waals surface area contributed by atoms with Crippen LogP contribution in [-0.4, -0.2) is 29.3 Å². The molecule has 0 unspecified atom stereocenters. The third-order valence-electron chi connectivity index (χ3n) is 1.53. The van der Waals surface area contributed by atoms with Gasteiger partial charge < -0.3 is 14.8 Å². The number of furan rings is 1. The molecule has 0 atom stereocenters. The molecule has 1 aromatic rings. The van der Waals surface area contributed by atoms with Gasteiger partial charge in [-0.1, -0.05) is 17.7 Å². The zero-order chi connectivity index (χ0) is 12.0. The first-order chi connectivity index (χ1) is 7.63. The van der Waals surface area contributed by atoms with Crippen molar-refractivity contribution < 1.29 is 19.1 Å². The number of nitrogens with one attached hydrogen (secondary N) is 1. The van der Waals surface area contributed by atoms with Crippen LogP contribution < -0.4 is 5.32 Å². The Morgan fingerprint density at radius 3 is 2.88 bits per heavy atom. The number of terminal acetylenes is 1. The van der Waals surface area contributed by atoms with Gasteiger partial charge in [-0.15, -0.1) is 6.42 Å². The molecular weight excluding hydrogens is 230 g/mol. The molecule has 0 aliphatic heterocycles. The van der Waals surface area contributed by atoms with E-state index in [2.05, 4.69) is 11.2 Å². The van der Waals surface area contributed by atoms with E-state index in [-0.39, 0.29) is 24.0 Å². The Labute approximate surface area is 96.2 Å². The van der Waals surface area contributed by atoms with Gasteiger partial charge in [0, 0.05) is 0 Å². The van der Waals surface area contributed by atoms with Crippen LogP contribution >= 0.6 is 11.8 Å². The van der Waals surface area contributed by atoms with Crippen LogP contribution in [0.4, 0.5) is 0 Å². The van der Waals surface area contributed by atoms with Gasteiger partial charge in [-0.25, -0.2) is 4.79 Å². The van der Waals surface area contributed by atoms with Crippen molar-refractivity contribution in [2.75, 3.05) is 12.3 Å². The molecule has 0 fully saturated rings. The lowest BCUT2D eigenvalue weighted by Crippen LogP contribution is -2.25. The largest absolute Gasteiger partial charge is 0.475 e. The van der Waals surface area contributed by atoms with Crippen LogP contribution in [0.3, 0.4) is 0 Å². The summed E-state index contributed by atoms with van der Waals surface area (Å²) < 4.78 is 4.94. The number of thioether (sulfide) groups is 1. The maximum Gasteiger partial charge on any atom is 0.371 e. The molecule has 1 aromatic heterocycles. The number of rotatable bonds is 5. The van der Waals surface area contributed by atoms with Crippen molar-refractivity contribution in [2.45, 2.75) is 5.09 Å². The summed E-state index contributed by atoms with van der Waals surface area (Å²) in [5, 5.41) is 11.4. The third-order valence-corrected chi connectivity index (χ3v) is 2.44. The molecule has 0 aromatic carbocycles. The van der Waals surface area contributed by atoms with Gasteiger partial charge >= 0.3 is 5.97 Å². The fourth-order valence-corrected chi connectivity index (χ4v) is 1.54. The van der Waals surface area contributed by atoms with E-state index in [9.17, 15) is 9.59 Å². The van der Waals surface area contributed by atoms with Crippen molar-refractivity contribution in [3.05, 3.63) is 17.9 Å². The Balaban J connectivity index is 2.40. The minimum absolute atomic E-state index is 0.133. The Morgan fingerprint density at radius 1 is 1.56 bits per heavy atom. The monoisotopic (exact) mass is 239 g/mol. The highest BCUT2D eigenvalue weighted by atomic mass is 32.2. The maximum absolute atomic E-state index is 11.1. The van der Waals surface area contributed by atoms with E-state index in [0.29, 0.717) is 5.09 Å². The molecule has 16 heavy (non-hydrogen) atoms. The zero-order valence-electron chi connectivity index (χ0n) is 8.23. The van der Waals surface area contributed by atoms with Gasteiger partial charge in [-0.05, 0) is 12.1 Å². The van der Waals surface area contributed by atoms with Gasteiger partial charge in [0.15, 0.2) is 5.09 Å². The Bertz CT molecular complexity index is 432. The molecular formula is C10H9NO4S. The number of aromatic carboxylic acids is 1. The second-order valence-corrected chi connectivity index (χ2v) is 3.67. The summed E-state index contributed by atoms with van der Waals surface area (Å²) in [4.78, 5) is 21.6. The fourth-order valence-electron chi connectivity index (χ4n) is 0.850. The van der Waals surface area contributed by atoms with Crippen molar-refractivity contribution in [3.63, 3.8) is 0 Å². The van der Waals surface area contributed by atoms with Crippen LogP contribution in [-0.2, 0) is 4.79 Å². The number of carboxylic acids is 1. The molecule has 84 valence electrons. The number of carbonyl (C=O) groups is 2. The lowest BCUT2D eigenvalue weighted by molar-refractivity contribution is -0.118. The lowest BCUT2D eigenvalue weighted by atomic mass is 10.5. The Hall–Kier alpha value is -1.87. The lowest BCUT2D eigenvalue weighted by Gasteiger charge is -1.98. The topological polar surface area (TPSA) is 79.5 Å². The number of amides is 1. The molecule has 2 N–H and O–H groups in total.